The van der Waals surface area contributed by atoms with E-state index >= 15 is 0 Å². The number of aryl methyl sites for hydroxylation is 1. The van der Waals surface area contributed by atoms with Crippen LogP contribution in [0.25, 0.3) is 17.3 Å². The highest BCUT2D eigenvalue weighted by Crippen LogP contribution is 2.27. The molecule has 1 aromatic carbocycles. The van der Waals surface area contributed by atoms with Crippen LogP contribution in [0, 0.1) is 17.0 Å². The summed E-state index contributed by atoms with van der Waals surface area (Å²) in [6.45, 7) is 5.65. The second kappa shape index (κ2) is 4.79. The van der Waals surface area contributed by atoms with Gasteiger partial charge in [0.25, 0.3) is 5.69 Å². The van der Waals surface area contributed by atoms with Crippen LogP contribution in [-0.4, -0.2) is 9.91 Å². The molecular weight excluding hydrogens is 228 g/mol. The summed E-state index contributed by atoms with van der Waals surface area (Å²) < 4.78 is 0. The Bertz CT molecular complexity index is 604. The van der Waals surface area contributed by atoms with Crippen LogP contribution in [-0.2, 0) is 0 Å². The molecule has 0 atom stereocenters. The molecule has 4 heteroatoms. The predicted octanol–water partition coefficient (Wildman–Crippen LogP) is 3.61. The van der Waals surface area contributed by atoms with Crippen molar-refractivity contribution < 1.29 is 4.92 Å². The van der Waals surface area contributed by atoms with Crippen LogP contribution < -0.4 is 0 Å². The second-order valence-corrected chi connectivity index (χ2v) is 3.95. The summed E-state index contributed by atoms with van der Waals surface area (Å²) in [5.41, 5.74) is 3.36. The highest BCUT2D eigenvalue weighted by molar-refractivity contribution is 5.74. The molecule has 0 aliphatic carbocycles. The van der Waals surface area contributed by atoms with Crippen molar-refractivity contribution in [2.24, 2.45) is 0 Å². The monoisotopic (exact) mass is 240 g/mol. The summed E-state index contributed by atoms with van der Waals surface area (Å²) in [4.78, 5) is 14.7. The van der Waals surface area contributed by atoms with Gasteiger partial charge in [0.1, 0.15) is 0 Å². The van der Waals surface area contributed by atoms with E-state index in [2.05, 4.69) is 11.6 Å². The molecule has 0 fully saturated rings. The average Bonchev–Trinajstić information content (AvgIpc) is 2.39. The summed E-state index contributed by atoms with van der Waals surface area (Å²) in [5, 5.41) is 10.8. The van der Waals surface area contributed by atoms with Crippen LogP contribution in [0.1, 0.15) is 11.1 Å². The summed E-state index contributed by atoms with van der Waals surface area (Å²) in [6, 6.07) is 8.45. The number of non-ortho nitro benzene ring substituents is 1. The van der Waals surface area contributed by atoms with Crippen molar-refractivity contribution >= 4 is 11.8 Å². The minimum absolute atomic E-state index is 0.0537. The molecule has 0 radical (unpaired) electrons. The van der Waals surface area contributed by atoms with E-state index in [9.17, 15) is 10.1 Å². The smallest absolute Gasteiger partial charge is 0.258 e. The molecule has 4 nitrogen and oxygen atoms in total. The van der Waals surface area contributed by atoms with Gasteiger partial charge in [0, 0.05) is 23.9 Å². The molecule has 18 heavy (non-hydrogen) atoms. The number of rotatable bonds is 3. The first-order chi connectivity index (χ1) is 8.61. The van der Waals surface area contributed by atoms with E-state index in [0.29, 0.717) is 5.69 Å². The van der Waals surface area contributed by atoms with Crippen LogP contribution in [0.3, 0.4) is 0 Å². The third-order valence-electron chi connectivity index (χ3n) is 2.65. The summed E-state index contributed by atoms with van der Waals surface area (Å²) >= 11 is 0. The molecule has 0 bridgehead atoms. The summed E-state index contributed by atoms with van der Waals surface area (Å²) in [6.07, 6.45) is 3.40. The standard InChI is InChI=1S/C14H12N2O2/c1-3-11-5-6-12(16(17)18)8-13(11)14-7-4-10(2)9-15-14/h3-9H,1H2,2H3. The van der Waals surface area contributed by atoms with Gasteiger partial charge in [-0.25, -0.2) is 0 Å². The van der Waals surface area contributed by atoms with Gasteiger partial charge in [-0.3, -0.25) is 15.1 Å². The van der Waals surface area contributed by atoms with E-state index in [-0.39, 0.29) is 5.69 Å². The SMILES string of the molecule is C=Cc1ccc([N+](=O)[O-])cc1-c1ccc(C)cn1. The molecule has 0 saturated carbocycles. The van der Waals surface area contributed by atoms with Crippen LogP contribution in [0.5, 0.6) is 0 Å². The van der Waals surface area contributed by atoms with Crippen molar-refractivity contribution in [1.29, 1.82) is 0 Å². The molecule has 0 amide bonds. The minimum Gasteiger partial charge on any atom is -0.258 e. The highest BCUT2D eigenvalue weighted by atomic mass is 16.6. The first kappa shape index (κ1) is 12.0. The maximum atomic E-state index is 10.8. The number of pyridine rings is 1. The zero-order valence-electron chi connectivity index (χ0n) is 9.96. The molecular formula is C14H12N2O2. The highest BCUT2D eigenvalue weighted by Gasteiger charge is 2.11. The zero-order chi connectivity index (χ0) is 13.1. The molecule has 0 saturated heterocycles. The maximum Gasteiger partial charge on any atom is 0.270 e. The number of nitro groups is 1. The Hall–Kier alpha value is -2.49. The fourth-order valence-electron chi connectivity index (χ4n) is 1.68. The van der Waals surface area contributed by atoms with E-state index in [1.165, 1.54) is 12.1 Å². The zero-order valence-corrected chi connectivity index (χ0v) is 9.96. The van der Waals surface area contributed by atoms with Crippen molar-refractivity contribution in [3.63, 3.8) is 0 Å². The fourth-order valence-corrected chi connectivity index (χ4v) is 1.68. The van der Waals surface area contributed by atoms with Gasteiger partial charge in [-0.2, -0.15) is 0 Å². The molecule has 0 aliphatic rings. The van der Waals surface area contributed by atoms with Crippen molar-refractivity contribution in [3.8, 4) is 11.3 Å². The molecule has 1 heterocycles. The van der Waals surface area contributed by atoms with Crippen molar-refractivity contribution in [1.82, 2.24) is 4.98 Å². The van der Waals surface area contributed by atoms with E-state index in [1.807, 2.05) is 19.1 Å². The number of hydrogen-bond acceptors (Lipinski definition) is 3. The maximum absolute atomic E-state index is 10.8. The third kappa shape index (κ3) is 2.27. The number of aromatic nitrogens is 1. The van der Waals surface area contributed by atoms with Gasteiger partial charge in [0.05, 0.1) is 10.6 Å². The summed E-state index contributed by atoms with van der Waals surface area (Å²) in [7, 11) is 0. The Labute approximate surface area is 105 Å². The first-order valence-electron chi connectivity index (χ1n) is 5.45. The van der Waals surface area contributed by atoms with Gasteiger partial charge in [-0.1, -0.05) is 18.7 Å². The van der Waals surface area contributed by atoms with Crippen LogP contribution >= 0.6 is 0 Å². The van der Waals surface area contributed by atoms with Crippen molar-refractivity contribution in [3.05, 3.63) is 64.3 Å². The third-order valence-corrected chi connectivity index (χ3v) is 2.65. The van der Waals surface area contributed by atoms with Crippen molar-refractivity contribution in [2.45, 2.75) is 6.92 Å². The number of nitro benzene ring substituents is 1. The van der Waals surface area contributed by atoms with Gasteiger partial charge in [-0.05, 0) is 30.2 Å². The molecule has 0 spiro atoms. The summed E-state index contributed by atoms with van der Waals surface area (Å²) in [5.74, 6) is 0. The van der Waals surface area contributed by atoms with Crippen LogP contribution in [0.2, 0.25) is 0 Å². The molecule has 90 valence electrons. The average molecular weight is 240 g/mol. The Morgan fingerprint density at radius 1 is 1.33 bits per heavy atom. The fraction of sp³-hybridized carbons (Fsp3) is 0.0714. The topological polar surface area (TPSA) is 56.0 Å². The lowest BCUT2D eigenvalue weighted by Crippen LogP contribution is -1.92. The second-order valence-electron chi connectivity index (χ2n) is 3.95. The lowest BCUT2D eigenvalue weighted by molar-refractivity contribution is -0.384. The quantitative estimate of drug-likeness (QED) is 0.608. The van der Waals surface area contributed by atoms with E-state index in [1.54, 1.807) is 18.3 Å². The first-order valence-corrected chi connectivity index (χ1v) is 5.45. The molecule has 2 aromatic rings. The van der Waals surface area contributed by atoms with Gasteiger partial charge in [0.15, 0.2) is 0 Å². The Kier molecular flexibility index (Phi) is 3.19. The van der Waals surface area contributed by atoms with E-state index in [0.717, 1.165) is 16.7 Å². The molecule has 0 aliphatic heterocycles. The van der Waals surface area contributed by atoms with Crippen molar-refractivity contribution in [2.75, 3.05) is 0 Å². The molecule has 0 unspecified atom stereocenters. The van der Waals surface area contributed by atoms with E-state index in [4.69, 9.17) is 0 Å². The van der Waals surface area contributed by atoms with Gasteiger partial charge >= 0.3 is 0 Å². The normalized spacial score (nSPS) is 10.1. The van der Waals surface area contributed by atoms with Crippen LogP contribution in [0.15, 0.2) is 43.1 Å². The number of hydrogen-bond donors (Lipinski definition) is 0. The lowest BCUT2D eigenvalue weighted by Gasteiger charge is -2.05. The number of benzene rings is 1. The van der Waals surface area contributed by atoms with Gasteiger partial charge in [-0.15, -0.1) is 0 Å². The Morgan fingerprint density at radius 2 is 2.11 bits per heavy atom. The van der Waals surface area contributed by atoms with Crippen LogP contribution in [0.4, 0.5) is 5.69 Å². The lowest BCUT2D eigenvalue weighted by atomic mass is 10.0. The van der Waals surface area contributed by atoms with E-state index < -0.39 is 4.92 Å². The minimum atomic E-state index is -0.412. The predicted molar refractivity (Wildman–Crippen MR) is 71.2 cm³/mol. The molecule has 1 aromatic heterocycles. The Balaban J connectivity index is 2.60. The van der Waals surface area contributed by atoms with Gasteiger partial charge in [0.2, 0.25) is 0 Å². The van der Waals surface area contributed by atoms with Gasteiger partial charge < -0.3 is 0 Å². The number of nitrogens with zero attached hydrogens (tertiary/aromatic N) is 2. The molecule has 0 N–H and O–H groups in total. The largest absolute Gasteiger partial charge is 0.270 e. The Morgan fingerprint density at radius 3 is 2.67 bits per heavy atom. The molecule has 2 rings (SSSR count).